The summed E-state index contributed by atoms with van der Waals surface area (Å²) in [5, 5.41) is 0.173. The predicted octanol–water partition coefficient (Wildman–Crippen LogP) is 6.84. The minimum atomic E-state index is -0.455. The molecular formula is C26H24ClOS2+. The highest BCUT2D eigenvalue weighted by Gasteiger charge is 2.43. The van der Waals surface area contributed by atoms with Gasteiger partial charge in [0, 0.05) is 33.0 Å². The van der Waals surface area contributed by atoms with Gasteiger partial charge in [0.15, 0.2) is 15.9 Å². The van der Waals surface area contributed by atoms with Crippen molar-refractivity contribution < 1.29 is 4.79 Å². The van der Waals surface area contributed by atoms with Gasteiger partial charge in [0.25, 0.3) is 0 Å². The normalized spacial score (nSPS) is 23.3. The van der Waals surface area contributed by atoms with Gasteiger partial charge in [-0.05, 0) is 55.8 Å². The first-order chi connectivity index (χ1) is 14.5. The summed E-state index contributed by atoms with van der Waals surface area (Å²) in [6, 6.07) is 28.6. The minimum absolute atomic E-state index is 0.149. The summed E-state index contributed by atoms with van der Waals surface area (Å²) in [4.78, 5) is 16.1. The van der Waals surface area contributed by atoms with Crippen LogP contribution in [-0.4, -0.2) is 15.9 Å². The molecular weight excluding hydrogens is 428 g/mol. The zero-order valence-electron chi connectivity index (χ0n) is 16.7. The van der Waals surface area contributed by atoms with Gasteiger partial charge in [0.1, 0.15) is 0 Å². The second-order valence-corrected chi connectivity index (χ2v) is 11.0. The number of hydrogen-bond acceptors (Lipinski definition) is 2. The van der Waals surface area contributed by atoms with Crippen LogP contribution in [0.15, 0.2) is 112 Å². The highest BCUT2D eigenvalue weighted by Crippen LogP contribution is 2.38. The third-order valence-corrected chi connectivity index (χ3v) is 8.43. The van der Waals surface area contributed by atoms with Crippen LogP contribution in [0.5, 0.6) is 0 Å². The van der Waals surface area contributed by atoms with Gasteiger partial charge in [-0.1, -0.05) is 66.4 Å². The molecule has 3 unspecified atom stereocenters. The second-order valence-electron chi connectivity index (χ2n) is 7.69. The van der Waals surface area contributed by atoms with Crippen molar-refractivity contribution in [1.29, 1.82) is 0 Å². The zero-order chi connectivity index (χ0) is 21.0. The second kappa shape index (κ2) is 9.47. The largest absolute Gasteiger partial charge is 0.294 e. The van der Waals surface area contributed by atoms with Crippen molar-refractivity contribution >= 4 is 40.9 Å². The number of carbonyl (C=O) groups is 1. The molecule has 0 saturated heterocycles. The third kappa shape index (κ3) is 5.21. The molecule has 0 fully saturated rings. The van der Waals surface area contributed by atoms with Crippen LogP contribution in [0.4, 0.5) is 0 Å². The number of Topliss-reactive ketones (excluding diaryl/α,β-unsaturated/α-hetero) is 1. The molecule has 0 spiro atoms. The van der Waals surface area contributed by atoms with Crippen LogP contribution >= 0.6 is 23.4 Å². The smallest absolute Gasteiger partial charge is 0.169 e. The minimum Gasteiger partial charge on any atom is -0.294 e. The van der Waals surface area contributed by atoms with Gasteiger partial charge >= 0.3 is 0 Å². The average Bonchev–Trinajstić information content (AvgIpc) is 2.77. The fourth-order valence-corrected chi connectivity index (χ4v) is 6.04. The molecule has 1 nitrogen and oxygen atoms in total. The van der Waals surface area contributed by atoms with Crippen LogP contribution in [0.3, 0.4) is 0 Å². The van der Waals surface area contributed by atoms with E-state index < -0.39 is 4.87 Å². The summed E-state index contributed by atoms with van der Waals surface area (Å²) in [5.41, 5.74) is 0.752. The van der Waals surface area contributed by atoms with E-state index in [2.05, 4.69) is 67.6 Å². The Kier molecular flexibility index (Phi) is 6.72. The van der Waals surface area contributed by atoms with Crippen LogP contribution in [0.25, 0.3) is 0 Å². The molecule has 3 aromatic carbocycles. The van der Waals surface area contributed by atoms with Crippen molar-refractivity contribution in [1.82, 2.24) is 0 Å². The van der Waals surface area contributed by atoms with E-state index in [4.69, 9.17) is 11.6 Å². The molecule has 0 aliphatic heterocycles. The van der Waals surface area contributed by atoms with E-state index in [0.717, 1.165) is 5.56 Å². The van der Waals surface area contributed by atoms with Crippen LogP contribution in [0.2, 0.25) is 0 Å². The van der Waals surface area contributed by atoms with Gasteiger partial charge in [0.2, 0.25) is 0 Å². The lowest BCUT2D eigenvalue weighted by Gasteiger charge is -2.31. The molecule has 4 heteroatoms. The first-order valence-electron chi connectivity index (χ1n) is 10.0. The molecule has 4 rings (SSSR count). The fourth-order valence-electron chi connectivity index (χ4n) is 3.62. The first kappa shape index (κ1) is 21.3. The summed E-state index contributed by atoms with van der Waals surface area (Å²) in [5.74, 6) is -0.0119. The van der Waals surface area contributed by atoms with Gasteiger partial charge in [-0.2, -0.15) is 0 Å². The average molecular weight is 452 g/mol. The number of ketones is 1. The lowest BCUT2D eigenvalue weighted by Crippen LogP contribution is -2.40. The van der Waals surface area contributed by atoms with Gasteiger partial charge in [-0.15, -0.1) is 11.6 Å². The van der Waals surface area contributed by atoms with Crippen molar-refractivity contribution in [3.8, 4) is 0 Å². The Balaban J connectivity index is 1.42. The van der Waals surface area contributed by atoms with E-state index in [-0.39, 0.29) is 17.0 Å². The van der Waals surface area contributed by atoms with E-state index in [1.807, 2.05) is 36.4 Å². The maximum Gasteiger partial charge on any atom is 0.169 e. The topological polar surface area (TPSA) is 17.1 Å². The number of carbonyl (C=O) groups excluding carboxylic acids is 1. The molecule has 0 radical (unpaired) electrons. The van der Waals surface area contributed by atoms with Gasteiger partial charge < -0.3 is 0 Å². The standard InChI is InChI=1S/C26H23ClOS2/c1-26(27)18-20(25(28)19-8-4-2-5-9-19)12-17-24(26)30-23-15-13-22(14-16-23)29-21-10-6-3-7-11-21/h2-17,20,24H,18H2,1H3/p+1. The lowest BCUT2D eigenvalue weighted by atomic mass is 9.82. The van der Waals surface area contributed by atoms with Crippen LogP contribution in [0, 0.1) is 5.92 Å². The predicted molar refractivity (Wildman–Crippen MR) is 130 cm³/mol. The Morgan fingerprint density at radius 2 is 1.50 bits per heavy atom. The van der Waals surface area contributed by atoms with Crippen LogP contribution in [-0.2, 0) is 11.8 Å². The highest BCUT2D eigenvalue weighted by molar-refractivity contribution is 7.99. The molecule has 1 aliphatic carbocycles. The molecule has 3 aromatic rings. The summed E-state index contributed by atoms with van der Waals surface area (Å²) < 4.78 is 0. The molecule has 0 N–H and O–H groups in total. The summed E-state index contributed by atoms with van der Waals surface area (Å²) in [6.07, 6.45) is 4.84. The maximum absolute atomic E-state index is 12.8. The number of thiol groups is 1. The number of allylic oxidation sites excluding steroid dienone is 1. The molecule has 1 aliphatic rings. The molecule has 0 amide bonds. The number of halogens is 1. The molecule has 0 heterocycles. The Labute approximate surface area is 191 Å². The van der Waals surface area contributed by atoms with Crippen molar-refractivity contribution in [2.24, 2.45) is 5.92 Å². The number of benzene rings is 3. The van der Waals surface area contributed by atoms with Crippen molar-refractivity contribution in [3.05, 3.63) is 103 Å². The summed E-state index contributed by atoms with van der Waals surface area (Å²) >= 11 is 9.87. The maximum atomic E-state index is 12.8. The Bertz CT molecular complexity index is 1010. The van der Waals surface area contributed by atoms with Crippen molar-refractivity contribution in [3.63, 3.8) is 0 Å². The van der Waals surface area contributed by atoms with E-state index >= 15 is 0 Å². The number of rotatable bonds is 6. The molecule has 0 bridgehead atoms. The van der Waals surface area contributed by atoms with Crippen molar-refractivity contribution in [2.45, 2.75) is 38.2 Å². The first-order valence-corrected chi connectivity index (χ1v) is 12.2. The number of hydrogen-bond donors (Lipinski definition) is 0. The quantitative estimate of drug-likeness (QED) is 0.134. The van der Waals surface area contributed by atoms with Crippen LogP contribution in [0.1, 0.15) is 23.7 Å². The Morgan fingerprint density at radius 3 is 2.13 bits per heavy atom. The molecule has 152 valence electrons. The van der Waals surface area contributed by atoms with Gasteiger partial charge in [-0.3, -0.25) is 4.79 Å². The summed E-state index contributed by atoms with van der Waals surface area (Å²) in [6.45, 7) is 2.06. The van der Waals surface area contributed by atoms with E-state index in [0.29, 0.717) is 6.42 Å². The van der Waals surface area contributed by atoms with E-state index in [1.165, 1.54) is 26.4 Å². The lowest BCUT2D eigenvalue weighted by molar-refractivity contribution is 0.0931. The van der Waals surface area contributed by atoms with E-state index in [9.17, 15) is 4.79 Å². The molecule has 3 atom stereocenters. The fraction of sp³-hybridized carbons (Fsp3) is 0.192. The molecule has 0 saturated carbocycles. The Morgan fingerprint density at radius 1 is 0.900 bits per heavy atom. The molecule has 0 aromatic heterocycles. The van der Waals surface area contributed by atoms with Gasteiger partial charge in [0.05, 0.1) is 4.87 Å². The van der Waals surface area contributed by atoms with Gasteiger partial charge in [-0.25, -0.2) is 0 Å². The van der Waals surface area contributed by atoms with Crippen LogP contribution < -0.4 is 0 Å². The molecule has 30 heavy (non-hydrogen) atoms. The van der Waals surface area contributed by atoms with E-state index in [1.54, 1.807) is 11.8 Å². The highest BCUT2D eigenvalue weighted by atomic mass is 35.5. The monoisotopic (exact) mass is 451 g/mol. The SMILES string of the molecule is CC1(Cl)CC(C(=O)c2ccccc2)C=CC1[SH+]c1ccc(Sc2ccccc2)cc1. The Hall–Kier alpha value is -1.94. The van der Waals surface area contributed by atoms with Crippen molar-refractivity contribution in [2.75, 3.05) is 0 Å². The zero-order valence-corrected chi connectivity index (χ0v) is 19.2. The summed E-state index contributed by atoms with van der Waals surface area (Å²) in [7, 11) is 0. The number of alkyl halides is 1. The third-order valence-electron chi connectivity index (χ3n) is 5.26.